The van der Waals surface area contributed by atoms with Gasteiger partial charge in [0.25, 0.3) is 5.91 Å². The second-order valence-electron chi connectivity index (χ2n) is 8.10. The Morgan fingerprint density at radius 2 is 1.77 bits per heavy atom. The highest BCUT2D eigenvalue weighted by Crippen LogP contribution is 2.30. The quantitative estimate of drug-likeness (QED) is 0.512. The van der Waals surface area contributed by atoms with Crippen molar-refractivity contribution in [1.29, 1.82) is 0 Å². The van der Waals surface area contributed by atoms with E-state index < -0.39 is 0 Å². The van der Waals surface area contributed by atoms with E-state index in [9.17, 15) is 4.79 Å². The number of likely N-dealkylation sites (tertiary alicyclic amines) is 1. The average molecular weight is 455 g/mol. The predicted octanol–water partition coefficient (Wildman–Crippen LogP) is 4.62. The molecule has 1 aliphatic heterocycles. The molecule has 0 saturated carbocycles. The number of aromatic nitrogens is 1. The second kappa shape index (κ2) is 11.0. The molecule has 6 heteroatoms. The molecule has 2 heterocycles. The zero-order valence-electron chi connectivity index (χ0n) is 17.7. The van der Waals surface area contributed by atoms with Crippen molar-refractivity contribution in [3.8, 4) is 0 Å². The van der Waals surface area contributed by atoms with Crippen LogP contribution in [0, 0.1) is 0 Å². The number of carbonyl (C=O) groups excluding carboxylic acids is 1. The van der Waals surface area contributed by atoms with Crippen LogP contribution < -0.4 is 10.2 Å². The van der Waals surface area contributed by atoms with Gasteiger partial charge in [0.05, 0.1) is 30.7 Å². The maximum Gasteiger partial charge on any atom is 0.252 e. The SMILES string of the molecule is O=C(NCCC[NH+]1CCCCCC1)c1cc(Sc2ccc(Cl)cc2)nc2ccccc12. The standard InChI is InChI=1S/C25H28ClN3OS/c26-19-10-12-20(13-11-19)31-24-18-22(21-8-3-4-9-23(21)28-24)25(30)27-14-7-17-29-15-5-1-2-6-16-29/h3-4,8-13,18H,1-2,5-7,14-17H2,(H,27,30)/p+1. The van der Waals surface area contributed by atoms with Gasteiger partial charge in [-0.05, 0) is 62.1 Å². The van der Waals surface area contributed by atoms with Gasteiger partial charge < -0.3 is 10.2 Å². The van der Waals surface area contributed by atoms with Gasteiger partial charge in [0.2, 0.25) is 0 Å². The van der Waals surface area contributed by atoms with E-state index >= 15 is 0 Å². The van der Waals surface area contributed by atoms with Crippen LogP contribution in [0.3, 0.4) is 0 Å². The van der Waals surface area contributed by atoms with E-state index in [4.69, 9.17) is 16.6 Å². The van der Waals surface area contributed by atoms with Crippen LogP contribution in [0.5, 0.6) is 0 Å². The number of quaternary nitrogens is 1. The zero-order valence-corrected chi connectivity index (χ0v) is 19.3. The largest absolute Gasteiger partial charge is 0.352 e. The van der Waals surface area contributed by atoms with Crippen LogP contribution in [0.15, 0.2) is 64.5 Å². The zero-order chi connectivity index (χ0) is 21.5. The summed E-state index contributed by atoms with van der Waals surface area (Å²) in [5.74, 6) is -0.0255. The Bertz CT molecular complexity index is 1020. The number of amides is 1. The first-order valence-corrected chi connectivity index (χ1v) is 12.3. The number of hydrogen-bond acceptors (Lipinski definition) is 3. The maximum atomic E-state index is 13.0. The third-order valence-electron chi connectivity index (χ3n) is 5.78. The van der Waals surface area contributed by atoms with Crippen LogP contribution in [-0.4, -0.2) is 37.1 Å². The van der Waals surface area contributed by atoms with Crippen molar-refractivity contribution >= 4 is 40.2 Å². The highest BCUT2D eigenvalue weighted by molar-refractivity contribution is 7.99. The minimum Gasteiger partial charge on any atom is -0.352 e. The molecule has 2 N–H and O–H groups in total. The number of pyridine rings is 1. The topological polar surface area (TPSA) is 46.4 Å². The van der Waals surface area contributed by atoms with Crippen LogP contribution in [-0.2, 0) is 0 Å². The fourth-order valence-corrected chi connectivity index (χ4v) is 5.09. The van der Waals surface area contributed by atoms with E-state index in [-0.39, 0.29) is 5.91 Å². The number of carbonyl (C=O) groups is 1. The van der Waals surface area contributed by atoms with E-state index in [0.29, 0.717) is 17.1 Å². The van der Waals surface area contributed by atoms with Gasteiger partial charge >= 0.3 is 0 Å². The Balaban J connectivity index is 1.43. The molecule has 1 fully saturated rings. The normalized spacial score (nSPS) is 15.0. The highest BCUT2D eigenvalue weighted by atomic mass is 35.5. The van der Waals surface area contributed by atoms with E-state index in [1.807, 2.05) is 54.6 Å². The summed E-state index contributed by atoms with van der Waals surface area (Å²) in [6.45, 7) is 4.39. The van der Waals surface area contributed by atoms with Crippen molar-refractivity contribution in [3.63, 3.8) is 0 Å². The number of hydrogen-bond donors (Lipinski definition) is 2. The number of benzene rings is 2. The van der Waals surface area contributed by atoms with Gasteiger partial charge in [-0.3, -0.25) is 4.79 Å². The first-order valence-electron chi connectivity index (χ1n) is 11.1. The predicted molar refractivity (Wildman–Crippen MR) is 128 cm³/mol. The molecule has 3 aromatic rings. The van der Waals surface area contributed by atoms with Gasteiger partial charge in [0.15, 0.2) is 0 Å². The van der Waals surface area contributed by atoms with Crippen LogP contribution >= 0.6 is 23.4 Å². The third kappa shape index (κ3) is 6.22. The van der Waals surface area contributed by atoms with Crippen LogP contribution in [0.25, 0.3) is 10.9 Å². The molecule has 0 atom stereocenters. The Morgan fingerprint density at radius 1 is 1.03 bits per heavy atom. The summed E-state index contributed by atoms with van der Waals surface area (Å²) < 4.78 is 0. The van der Waals surface area contributed by atoms with Crippen molar-refractivity contribution in [3.05, 3.63) is 65.2 Å². The molecule has 1 aliphatic rings. The molecule has 1 saturated heterocycles. The van der Waals surface area contributed by atoms with E-state index in [1.165, 1.54) is 50.5 Å². The fourth-order valence-electron chi connectivity index (χ4n) is 4.13. The lowest BCUT2D eigenvalue weighted by Crippen LogP contribution is -3.11. The molecule has 31 heavy (non-hydrogen) atoms. The summed E-state index contributed by atoms with van der Waals surface area (Å²) in [5, 5.41) is 5.54. The molecule has 0 spiro atoms. The summed E-state index contributed by atoms with van der Waals surface area (Å²) in [5.41, 5.74) is 1.52. The summed E-state index contributed by atoms with van der Waals surface area (Å²) >= 11 is 7.54. The van der Waals surface area contributed by atoms with Crippen molar-refractivity contribution in [2.45, 2.75) is 42.0 Å². The number of nitrogens with one attached hydrogen (secondary N) is 2. The Kier molecular flexibility index (Phi) is 7.84. The molecule has 0 aliphatic carbocycles. The molecular weight excluding hydrogens is 426 g/mol. The summed E-state index contributed by atoms with van der Waals surface area (Å²) in [6, 6.07) is 17.4. The van der Waals surface area contributed by atoms with E-state index in [2.05, 4.69) is 5.32 Å². The van der Waals surface area contributed by atoms with Gasteiger partial charge in [0.1, 0.15) is 5.03 Å². The van der Waals surface area contributed by atoms with Gasteiger partial charge in [-0.1, -0.05) is 41.6 Å². The molecule has 0 bridgehead atoms. The van der Waals surface area contributed by atoms with Gasteiger partial charge in [-0.2, -0.15) is 0 Å². The third-order valence-corrected chi connectivity index (χ3v) is 6.95. The summed E-state index contributed by atoms with van der Waals surface area (Å²) in [6.07, 6.45) is 6.41. The molecule has 0 unspecified atom stereocenters. The molecule has 1 amide bonds. The first kappa shape index (κ1) is 22.1. The molecule has 4 rings (SSSR count). The minimum absolute atomic E-state index is 0.0255. The fraction of sp³-hybridized carbons (Fsp3) is 0.360. The van der Waals surface area contributed by atoms with Crippen LogP contribution in [0.1, 0.15) is 42.5 Å². The van der Waals surface area contributed by atoms with Crippen molar-refractivity contribution in [2.75, 3.05) is 26.2 Å². The number of rotatable bonds is 7. The molecular formula is C25H29ClN3OS+. The first-order chi connectivity index (χ1) is 15.2. The molecule has 2 aromatic carbocycles. The van der Waals surface area contributed by atoms with Gasteiger partial charge in [-0.25, -0.2) is 4.98 Å². The van der Waals surface area contributed by atoms with Crippen molar-refractivity contribution < 1.29 is 9.69 Å². The van der Waals surface area contributed by atoms with E-state index in [0.717, 1.165) is 33.8 Å². The maximum absolute atomic E-state index is 13.0. The van der Waals surface area contributed by atoms with Crippen molar-refractivity contribution in [2.24, 2.45) is 0 Å². The number of fused-ring (bicyclic) bond motifs is 1. The average Bonchev–Trinajstić information content (AvgIpc) is 3.06. The molecule has 4 nitrogen and oxygen atoms in total. The van der Waals surface area contributed by atoms with Crippen LogP contribution in [0.4, 0.5) is 0 Å². The van der Waals surface area contributed by atoms with Gasteiger partial charge in [0, 0.05) is 28.3 Å². The number of halogens is 1. The smallest absolute Gasteiger partial charge is 0.252 e. The molecule has 0 radical (unpaired) electrons. The van der Waals surface area contributed by atoms with E-state index in [1.54, 1.807) is 4.90 Å². The lowest BCUT2D eigenvalue weighted by Gasteiger charge is -2.17. The summed E-state index contributed by atoms with van der Waals surface area (Å²) in [4.78, 5) is 20.5. The molecule has 1 aromatic heterocycles. The van der Waals surface area contributed by atoms with Crippen LogP contribution in [0.2, 0.25) is 5.02 Å². The number of para-hydroxylation sites is 1. The van der Waals surface area contributed by atoms with Gasteiger partial charge in [-0.15, -0.1) is 0 Å². The minimum atomic E-state index is -0.0255. The lowest BCUT2D eigenvalue weighted by atomic mass is 10.1. The van der Waals surface area contributed by atoms with Crippen molar-refractivity contribution in [1.82, 2.24) is 10.3 Å². The Morgan fingerprint density at radius 3 is 2.55 bits per heavy atom. The lowest BCUT2D eigenvalue weighted by molar-refractivity contribution is -0.899. The highest BCUT2D eigenvalue weighted by Gasteiger charge is 2.15. The summed E-state index contributed by atoms with van der Waals surface area (Å²) in [7, 11) is 0. The Labute approximate surface area is 193 Å². The molecule has 162 valence electrons. The monoisotopic (exact) mass is 454 g/mol. The Hall–Kier alpha value is -2.08. The number of nitrogens with zero attached hydrogens (tertiary/aromatic N) is 1. The second-order valence-corrected chi connectivity index (χ2v) is 9.64.